The second-order valence-corrected chi connectivity index (χ2v) is 4.93. The van der Waals surface area contributed by atoms with E-state index in [4.69, 9.17) is 4.74 Å². The van der Waals surface area contributed by atoms with E-state index < -0.39 is 0 Å². The van der Waals surface area contributed by atoms with Crippen LogP contribution in [0.1, 0.15) is 46.5 Å². The second kappa shape index (κ2) is 5.66. The molecule has 0 amide bonds. The molecule has 1 fully saturated rings. The Morgan fingerprint density at radius 2 is 2.33 bits per heavy atom. The Labute approximate surface area is 94.1 Å². The Morgan fingerprint density at radius 3 is 2.80 bits per heavy atom. The van der Waals surface area contributed by atoms with Crippen molar-refractivity contribution >= 4 is 0 Å². The van der Waals surface area contributed by atoms with Crippen molar-refractivity contribution in [1.29, 1.82) is 0 Å². The van der Waals surface area contributed by atoms with Crippen molar-refractivity contribution in [2.45, 2.75) is 58.1 Å². The van der Waals surface area contributed by atoms with Crippen LogP contribution in [0.4, 0.5) is 0 Å². The van der Waals surface area contributed by atoms with Gasteiger partial charge in [-0.2, -0.15) is 0 Å². The smallest absolute Gasteiger partial charge is 0.0810 e. The van der Waals surface area contributed by atoms with Crippen LogP contribution < -0.4 is 5.32 Å². The third kappa shape index (κ3) is 3.62. The molecule has 0 aromatic heterocycles. The molecular weight excluding hydrogens is 186 g/mol. The van der Waals surface area contributed by atoms with Gasteiger partial charge in [-0.25, -0.2) is 0 Å². The lowest BCUT2D eigenvalue weighted by atomic mass is 9.88. The average molecular weight is 211 g/mol. The Kier molecular flexibility index (Phi) is 4.81. The van der Waals surface area contributed by atoms with Gasteiger partial charge in [-0.1, -0.05) is 12.5 Å². The Morgan fingerprint density at radius 1 is 1.60 bits per heavy atom. The third-order valence-electron chi connectivity index (χ3n) is 3.18. The van der Waals surface area contributed by atoms with Crippen LogP contribution in [0.2, 0.25) is 0 Å². The highest BCUT2D eigenvalue weighted by molar-refractivity contribution is 5.01. The van der Waals surface area contributed by atoms with Crippen LogP contribution in [0.25, 0.3) is 0 Å². The van der Waals surface area contributed by atoms with Gasteiger partial charge in [0, 0.05) is 12.6 Å². The standard InChI is InChI=1S/C13H25NO/c1-5-8-14-12(10-11(2)3)13(4)7-6-9-15-13/h12,14H,2,5-10H2,1,3-4H3. The zero-order chi connectivity index (χ0) is 11.3. The molecule has 0 saturated carbocycles. The fourth-order valence-corrected chi connectivity index (χ4v) is 2.25. The lowest BCUT2D eigenvalue weighted by Crippen LogP contribution is -2.48. The number of ether oxygens (including phenoxy) is 1. The molecule has 0 aromatic carbocycles. The summed E-state index contributed by atoms with van der Waals surface area (Å²) in [6, 6.07) is 0.428. The Hall–Kier alpha value is -0.340. The van der Waals surface area contributed by atoms with Crippen molar-refractivity contribution < 1.29 is 4.74 Å². The van der Waals surface area contributed by atoms with Gasteiger partial charge >= 0.3 is 0 Å². The van der Waals surface area contributed by atoms with Gasteiger partial charge in [0.25, 0.3) is 0 Å². The maximum atomic E-state index is 5.90. The van der Waals surface area contributed by atoms with E-state index in [1.807, 2.05) is 0 Å². The summed E-state index contributed by atoms with van der Waals surface area (Å²) in [6.45, 7) is 12.5. The topological polar surface area (TPSA) is 21.3 Å². The predicted molar refractivity (Wildman–Crippen MR) is 65.1 cm³/mol. The highest BCUT2D eigenvalue weighted by Gasteiger charge is 2.37. The minimum atomic E-state index is 0.0219. The molecule has 1 aliphatic heterocycles. The first-order valence-corrected chi connectivity index (χ1v) is 6.10. The normalized spacial score (nSPS) is 27.9. The summed E-state index contributed by atoms with van der Waals surface area (Å²) in [4.78, 5) is 0. The van der Waals surface area contributed by atoms with Crippen molar-refractivity contribution in [2.24, 2.45) is 0 Å². The van der Waals surface area contributed by atoms with Gasteiger partial charge in [0.2, 0.25) is 0 Å². The van der Waals surface area contributed by atoms with E-state index in [0.717, 1.165) is 19.6 Å². The maximum absolute atomic E-state index is 5.90. The average Bonchev–Trinajstić information content (AvgIpc) is 2.60. The van der Waals surface area contributed by atoms with E-state index in [2.05, 4.69) is 32.7 Å². The van der Waals surface area contributed by atoms with E-state index in [-0.39, 0.29) is 5.60 Å². The molecule has 15 heavy (non-hydrogen) atoms. The van der Waals surface area contributed by atoms with Gasteiger partial charge in [0.15, 0.2) is 0 Å². The zero-order valence-electron chi connectivity index (χ0n) is 10.4. The first-order valence-electron chi connectivity index (χ1n) is 6.10. The lowest BCUT2D eigenvalue weighted by Gasteiger charge is -2.34. The minimum absolute atomic E-state index is 0.0219. The highest BCUT2D eigenvalue weighted by Crippen LogP contribution is 2.31. The second-order valence-electron chi connectivity index (χ2n) is 4.93. The van der Waals surface area contributed by atoms with Crippen LogP contribution in [0, 0.1) is 0 Å². The van der Waals surface area contributed by atoms with Crippen LogP contribution in [-0.2, 0) is 4.74 Å². The highest BCUT2D eigenvalue weighted by atomic mass is 16.5. The molecule has 88 valence electrons. The Bertz CT molecular complexity index is 207. The first-order chi connectivity index (χ1) is 7.08. The Balaban J connectivity index is 2.57. The monoisotopic (exact) mass is 211 g/mol. The zero-order valence-corrected chi connectivity index (χ0v) is 10.4. The van der Waals surface area contributed by atoms with Crippen LogP contribution in [0.15, 0.2) is 12.2 Å². The quantitative estimate of drug-likeness (QED) is 0.682. The van der Waals surface area contributed by atoms with E-state index in [1.54, 1.807) is 0 Å². The van der Waals surface area contributed by atoms with Gasteiger partial charge in [-0.15, -0.1) is 6.58 Å². The summed E-state index contributed by atoms with van der Waals surface area (Å²) < 4.78 is 5.90. The molecule has 2 atom stereocenters. The molecular formula is C13H25NO. The van der Waals surface area contributed by atoms with Crippen molar-refractivity contribution in [3.63, 3.8) is 0 Å². The molecule has 1 heterocycles. The van der Waals surface area contributed by atoms with Crippen LogP contribution in [-0.4, -0.2) is 24.8 Å². The van der Waals surface area contributed by atoms with Crippen molar-refractivity contribution in [1.82, 2.24) is 5.32 Å². The van der Waals surface area contributed by atoms with E-state index in [1.165, 1.54) is 24.8 Å². The van der Waals surface area contributed by atoms with Gasteiger partial charge in [-0.3, -0.25) is 0 Å². The first kappa shape index (κ1) is 12.7. The number of hydrogen-bond donors (Lipinski definition) is 1. The molecule has 0 aromatic rings. The molecule has 1 N–H and O–H groups in total. The summed E-state index contributed by atoms with van der Waals surface area (Å²) >= 11 is 0. The lowest BCUT2D eigenvalue weighted by molar-refractivity contribution is -0.0113. The van der Waals surface area contributed by atoms with Gasteiger partial charge in [0.1, 0.15) is 0 Å². The van der Waals surface area contributed by atoms with Gasteiger partial charge in [0.05, 0.1) is 5.60 Å². The predicted octanol–water partition coefficient (Wildman–Crippen LogP) is 2.89. The summed E-state index contributed by atoms with van der Waals surface area (Å²) in [5.74, 6) is 0. The third-order valence-corrected chi connectivity index (χ3v) is 3.18. The molecule has 0 aliphatic carbocycles. The van der Waals surface area contributed by atoms with Gasteiger partial charge < -0.3 is 10.1 Å². The fourth-order valence-electron chi connectivity index (χ4n) is 2.25. The molecule has 2 unspecified atom stereocenters. The SMILES string of the molecule is C=C(C)CC(NCCC)C1(C)CCCO1. The molecule has 1 saturated heterocycles. The minimum Gasteiger partial charge on any atom is -0.374 e. The number of rotatable bonds is 6. The van der Waals surface area contributed by atoms with Crippen molar-refractivity contribution in [2.75, 3.05) is 13.2 Å². The van der Waals surface area contributed by atoms with E-state index in [9.17, 15) is 0 Å². The van der Waals surface area contributed by atoms with Crippen LogP contribution >= 0.6 is 0 Å². The van der Waals surface area contributed by atoms with Crippen LogP contribution in [0.5, 0.6) is 0 Å². The van der Waals surface area contributed by atoms with Crippen molar-refractivity contribution in [3.8, 4) is 0 Å². The summed E-state index contributed by atoms with van der Waals surface area (Å²) in [5.41, 5.74) is 1.26. The van der Waals surface area contributed by atoms with E-state index in [0.29, 0.717) is 6.04 Å². The molecule has 2 nitrogen and oxygen atoms in total. The van der Waals surface area contributed by atoms with Crippen molar-refractivity contribution in [3.05, 3.63) is 12.2 Å². The molecule has 0 radical (unpaired) electrons. The molecule has 1 aliphatic rings. The van der Waals surface area contributed by atoms with E-state index >= 15 is 0 Å². The van der Waals surface area contributed by atoms with Crippen LogP contribution in [0.3, 0.4) is 0 Å². The number of hydrogen-bond acceptors (Lipinski definition) is 2. The summed E-state index contributed by atoms with van der Waals surface area (Å²) in [6.07, 6.45) is 4.55. The molecule has 1 rings (SSSR count). The summed E-state index contributed by atoms with van der Waals surface area (Å²) in [5, 5.41) is 3.60. The molecule has 0 bridgehead atoms. The summed E-state index contributed by atoms with van der Waals surface area (Å²) in [7, 11) is 0. The van der Waals surface area contributed by atoms with Gasteiger partial charge in [-0.05, 0) is 46.1 Å². The number of nitrogens with one attached hydrogen (secondary N) is 1. The molecule has 0 spiro atoms. The fraction of sp³-hybridized carbons (Fsp3) is 0.846. The largest absolute Gasteiger partial charge is 0.374 e. The molecule has 2 heteroatoms. The maximum Gasteiger partial charge on any atom is 0.0810 e.